The maximum atomic E-state index is 13.6. The number of anilines is 1. The lowest BCUT2D eigenvalue weighted by molar-refractivity contribution is 0.0690. The molecular formula is C13H8BrFN2O3. The number of rotatable bonds is 3. The molecule has 0 unspecified atom stereocenters. The van der Waals surface area contributed by atoms with Gasteiger partial charge in [-0.2, -0.15) is 0 Å². The van der Waals surface area contributed by atoms with Crippen LogP contribution in [0.2, 0.25) is 0 Å². The molecule has 0 aliphatic carbocycles. The van der Waals surface area contributed by atoms with Crippen LogP contribution in [-0.4, -0.2) is 22.0 Å². The summed E-state index contributed by atoms with van der Waals surface area (Å²) < 4.78 is 14.1. The standard InChI is InChI=1S/C13H8BrFN2O3/c14-7-1-2-9(10(15)5-7)12(18)17-8-3-4-16-11(6-8)13(19)20/h1-6H,(H,19,20)(H,16,17,18). The smallest absolute Gasteiger partial charge is 0.354 e. The number of hydrogen-bond acceptors (Lipinski definition) is 3. The number of halogens is 2. The Balaban J connectivity index is 2.23. The molecule has 102 valence electrons. The first-order valence-corrected chi connectivity index (χ1v) is 6.22. The van der Waals surface area contributed by atoms with Crippen LogP contribution in [0, 0.1) is 5.82 Å². The molecule has 0 atom stereocenters. The number of carboxylic acids is 1. The molecular weight excluding hydrogens is 331 g/mol. The largest absolute Gasteiger partial charge is 0.477 e. The summed E-state index contributed by atoms with van der Waals surface area (Å²) >= 11 is 3.09. The summed E-state index contributed by atoms with van der Waals surface area (Å²) in [6.07, 6.45) is 1.25. The Kier molecular flexibility index (Phi) is 4.09. The normalized spacial score (nSPS) is 10.1. The molecule has 7 heteroatoms. The highest BCUT2D eigenvalue weighted by Gasteiger charge is 2.13. The van der Waals surface area contributed by atoms with Gasteiger partial charge in [0.25, 0.3) is 5.91 Å². The van der Waals surface area contributed by atoms with Crippen LogP contribution >= 0.6 is 15.9 Å². The molecule has 2 rings (SSSR count). The predicted molar refractivity (Wildman–Crippen MR) is 73.2 cm³/mol. The van der Waals surface area contributed by atoms with Gasteiger partial charge < -0.3 is 10.4 Å². The summed E-state index contributed by atoms with van der Waals surface area (Å²) in [7, 11) is 0. The second-order valence-electron chi connectivity index (χ2n) is 3.81. The summed E-state index contributed by atoms with van der Waals surface area (Å²) in [6.45, 7) is 0. The maximum absolute atomic E-state index is 13.6. The van der Waals surface area contributed by atoms with E-state index in [-0.39, 0.29) is 16.9 Å². The molecule has 0 aliphatic rings. The highest BCUT2D eigenvalue weighted by Crippen LogP contribution is 2.17. The number of carbonyl (C=O) groups excluding carboxylic acids is 1. The fraction of sp³-hybridized carbons (Fsp3) is 0. The Morgan fingerprint density at radius 2 is 2.00 bits per heavy atom. The second kappa shape index (κ2) is 5.79. The first-order valence-electron chi connectivity index (χ1n) is 5.43. The van der Waals surface area contributed by atoms with Crippen LogP contribution in [-0.2, 0) is 0 Å². The zero-order valence-electron chi connectivity index (χ0n) is 9.93. The third-order valence-electron chi connectivity index (χ3n) is 2.41. The average molecular weight is 339 g/mol. The van der Waals surface area contributed by atoms with Gasteiger partial charge in [0.2, 0.25) is 0 Å². The van der Waals surface area contributed by atoms with E-state index in [9.17, 15) is 14.0 Å². The summed E-state index contributed by atoms with van der Waals surface area (Å²) in [6, 6.07) is 6.64. The van der Waals surface area contributed by atoms with Gasteiger partial charge >= 0.3 is 5.97 Å². The predicted octanol–water partition coefficient (Wildman–Crippen LogP) is 2.93. The minimum atomic E-state index is -1.21. The highest BCUT2D eigenvalue weighted by molar-refractivity contribution is 9.10. The van der Waals surface area contributed by atoms with Gasteiger partial charge in [-0.1, -0.05) is 15.9 Å². The SMILES string of the molecule is O=C(O)c1cc(NC(=O)c2ccc(Br)cc2F)ccn1. The number of carboxylic acid groups (broad SMARTS) is 1. The number of hydrogen-bond donors (Lipinski definition) is 2. The van der Waals surface area contributed by atoms with Crippen molar-refractivity contribution in [2.45, 2.75) is 0 Å². The summed E-state index contributed by atoms with van der Waals surface area (Å²) in [5.41, 5.74) is -0.120. The van der Waals surface area contributed by atoms with Gasteiger partial charge in [-0.3, -0.25) is 4.79 Å². The van der Waals surface area contributed by atoms with Crippen molar-refractivity contribution in [2.75, 3.05) is 5.32 Å². The van der Waals surface area contributed by atoms with Crippen LogP contribution in [0.3, 0.4) is 0 Å². The van der Waals surface area contributed by atoms with Gasteiger partial charge in [0.1, 0.15) is 11.5 Å². The van der Waals surface area contributed by atoms with E-state index < -0.39 is 17.7 Å². The Bertz CT molecular complexity index is 691. The van der Waals surface area contributed by atoms with Crippen molar-refractivity contribution >= 4 is 33.5 Å². The molecule has 0 saturated carbocycles. The second-order valence-corrected chi connectivity index (χ2v) is 4.73. The van der Waals surface area contributed by atoms with Crippen LogP contribution in [0.25, 0.3) is 0 Å². The van der Waals surface area contributed by atoms with Crippen molar-refractivity contribution in [3.63, 3.8) is 0 Å². The number of nitrogens with one attached hydrogen (secondary N) is 1. The van der Waals surface area contributed by atoms with Crippen LogP contribution in [0.15, 0.2) is 41.0 Å². The van der Waals surface area contributed by atoms with E-state index in [1.165, 1.54) is 36.5 Å². The number of nitrogens with zero attached hydrogens (tertiary/aromatic N) is 1. The molecule has 1 heterocycles. The van der Waals surface area contributed by atoms with Crippen molar-refractivity contribution in [1.82, 2.24) is 4.98 Å². The lowest BCUT2D eigenvalue weighted by Crippen LogP contribution is -2.14. The van der Waals surface area contributed by atoms with Gasteiger partial charge in [0, 0.05) is 16.4 Å². The maximum Gasteiger partial charge on any atom is 0.354 e. The molecule has 0 saturated heterocycles. The Labute approximate surface area is 121 Å². The molecule has 0 fully saturated rings. The average Bonchev–Trinajstić information content (AvgIpc) is 2.38. The number of aromatic nitrogens is 1. The Hall–Kier alpha value is -2.28. The quantitative estimate of drug-likeness (QED) is 0.901. The molecule has 0 spiro atoms. The van der Waals surface area contributed by atoms with Crippen LogP contribution < -0.4 is 5.32 Å². The van der Waals surface area contributed by atoms with E-state index >= 15 is 0 Å². The van der Waals surface area contributed by atoms with Gasteiger partial charge in [0.15, 0.2) is 0 Å². The van der Waals surface area contributed by atoms with E-state index in [0.29, 0.717) is 4.47 Å². The molecule has 20 heavy (non-hydrogen) atoms. The fourth-order valence-electron chi connectivity index (χ4n) is 1.50. The molecule has 0 bridgehead atoms. The lowest BCUT2D eigenvalue weighted by atomic mass is 10.2. The first-order chi connectivity index (χ1) is 9.47. The number of aromatic carboxylic acids is 1. The van der Waals surface area contributed by atoms with Gasteiger partial charge in [-0.15, -0.1) is 0 Å². The van der Waals surface area contributed by atoms with Crippen molar-refractivity contribution in [3.05, 3.63) is 58.1 Å². The zero-order chi connectivity index (χ0) is 14.7. The minimum Gasteiger partial charge on any atom is -0.477 e. The third kappa shape index (κ3) is 3.18. The van der Waals surface area contributed by atoms with Crippen molar-refractivity contribution in [2.24, 2.45) is 0 Å². The van der Waals surface area contributed by atoms with E-state index in [1.807, 2.05) is 0 Å². The minimum absolute atomic E-state index is 0.137. The Morgan fingerprint density at radius 3 is 2.65 bits per heavy atom. The molecule has 0 radical (unpaired) electrons. The van der Waals surface area contributed by atoms with Crippen molar-refractivity contribution < 1.29 is 19.1 Å². The van der Waals surface area contributed by atoms with Crippen LogP contribution in [0.1, 0.15) is 20.8 Å². The molecule has 5 nitrogen and oxygen atoms in total. The van der Waals surface area contributed by atoms with Crippen molar-refractivity contribution in [3.8, 4) is 0 Å². The third-order valence-corrected chi connectivity index (χ3v) is 2.91. The summed E-state index contributed by atoms with van der Waals surface area (Å²) in [4.78, 5) is 26.3. The Morgan fingerprint density at radius 1 is 1.25 bits per heavy atom. The topological polar surface area (TPSA) is 79.3 Å². The van der Waals surface area contributed by atoms with E-state index in [4.69, 9.17) is 5.11 Å². The molecule has 2 aromatic rings. The number of benzene rings is 1. The molecule has 1 aromatic heterocycles. The van der Waals surface area contributed by atoms with E-state index in [0.717, 1.165) is 0 Å². The highest BCUT2D eigenvalue weighted by atomic mass is 79.9. The number of pyridine rings is 1. The molecule has 2 N–H and O–H groups in total. The lowest BCUT2D eigenvalue weighted by Gasteiger charge is -2.06. The van der Waals surface area contributed by atoms with Crippen molar-refractivity contribution in [1.29, 1.82) is 0 Å². The van der Waals surface area contributed by atoms with Gasteiger partial charge in [0.05, 0.1) is 5.56 Å². The molecule has 1 amide bonds. The van der Waals surface area contributed by atoms with Gasteiger partial charge in [-0.25, -0.2) is 14.2 Å². The fourth-order valence-corrected chi connectivity index (χ4v) is 1.83. The molecule has 1 aromatic carbocycles. The monoisotopic (exact) mass is 338 g/mol. The molecule has 0 aliphatic heterocycles. The van der Waals surface area contributed by atoms with E-state index in [1.54, 1.807) is 0 Å². The van der Waals surface area contributed by atoms with E-state index in [2.05, 4.69) is 26.2 Å². The first kappa shape index (κ1) is 14.1. The number of amides is 1. The van der Waals surface area contributed by atoms with Crippen LogP contribution in [0.5, 0.6) is 0 Å². The number of carbonyl (C=O) groups is 2. The van der Waals surface area contributed by atoms with Crippen LogP contribution in [0.4, 0.5) is 10.1 Å². The summed E-state index contributed by atoms with van der Waals surface area (Å²) in [5, 5.41) is 11.2. The summed E-state index contributed by atoms with van der Waals surface area (Å²) in [5.74, 6) is -2.56. The van der Waals surface area contributed by atoms with Gasteiger partial charge in [-0.05, 0) is 30.3 Å². The zero-order valence-corrected chi connectivity index (χ0v) is 11.5.